The highest BCUT2D eigenvalue weighted by atomic mass is 19.4. The Hall–Kier alpha value is -3.70. The summed E-state index contributed by atoms with van der Waals surface area (Å²) in [6.45, 7) is -0.195. The lowest BCUT2D eigenvalue weighted by atomic mass is 10.0. The van der Waals surface area contributed by atoms with Gasteiger partial charge in [0.25, 0.3) is 11.8 Å². The van der Waals surface area contributed by atoms with Crippen molar-refractivity contribution in [3.05, 3.63) is 47.7 Å². The van der Waals surface area contributed by atoms with Gasteiger partial charge < -0.3 is 15.0 Å². The van der Waals surface area contributed by atoms with Gasteiger partial charge in [0.05, 0.1) is 22.3 Å². The van der Waals surface area contributed by atoms with Crippen molar-refractivity contribution >= 4 is 28.7 Å². The average molecular weight is 482 g/mol. The van der Waals surface area contributed by atoms with E-state index in [4.69, 9.17) is 5.11 Å². The Labute approximate surface area is 189 Å². The molecule has 0 unspecified atom stereocenters. The Bertz CT molecular complexity index is 1240. The molecule has 34 heavy (non-hydrogen) atoms. The van der Waals surface area contributed by atoms with E-state index in [1.807, 2.05) is 0 Å². The molecule has 0 radical (unpaired) electrons. The van der Waals surface area contributed by atoms with Crippen LogP contribution in [0.2, 0.25) is 0 Å². The number of aromatic nitrogens is 2. The smallest absolute Gasteiger partial charge is 0.418 e. The summed E-state index contributed by atoms with van der Waals surface area (Å²) >= 11 is 0. The number of pyridine rings is 1. The lowest BCUT2D eigenvalue weighted by Crippen LogP contribution is -2.42. The number of likely N-dealkylation sites (tertiary alicyclic amines) is 1. The maximum Gasteiger partial charge on any atom is 0.418 e. The number of rotatable bonds is 3. The summed E-state index contributed by atoms with van der Waals surface area (Å²) in [7, 11) is 1.20. The standard InChI is InChI=1S/C22H19F5N4O3/c1-30(20(33)34)17-10-14-8-13(9-15(18(14)29-17)22(25,26)27)16-3-2-12(11-28-16)19(32)31-6-4-21(23,24)5-7-31/h2-3,8-11,29H,4-7H2,1H3,(H,33,34). The van der Waals surface area contributed by atoms with E-state index in [-0.39, 0.29) is 46.6 Å². The highest BCUT2D eigenvalue weighted by Crippen LogP contribution is 2.39. The fourth-order valence-electron chi connectivity index (χ4n) is 3.80. The number of anilines is 1. The minimum atomic E-state index is -4.73. The molecule has 1 aliphatic rings. The normalized spacial score (nSPS) is 16.0. The maximum atomic E-state index is 13.7. The molecule has 12 heteroatoms. The van der Waals surface area contributed by atoms with Crippen LogP contribution >= 0.6 is 0 Å². The van der Waals surface area contributed by atoms with Crippen LogP contribution < -0.4 is 4.90 Å². The molecular weight excluding hydrogens is 463 g/mol. The molecule has 2 amide bonds. The van der Waals surface area contributed by atoms with Gasteiger partial charge in [0.1, 0.15) is 5.82 Å². The van der Waals surface area contributed by atoms with E-state index in [2.05, 4.69) is 9.97 Å². The Morgan fingerprint density at radius 1 is 1.15 bits per heavy atom. The second-order valence-corrected chi connectivity index (χ2v) is 8.06. The molecule has 1 aliphatic heterocycles. The minimum Gasteiger partial charge on any atom is -0.465 e. The van der Waals surface area contributed by atoms with Gasteiger partial charge in [0, 0.05) is 50.1 Å². The van der Waals surface area contributed by atoms with E-state index in [0.717, 1.165) is 11.0 Å². The molecule has 180 valence electrons. The predicted octanol–water partition coefficient (Wildman–Crippen LogP) is 5.23. The van der Waals surface area contributed by atoms with Crippen molar-refractivity contribution in [2.24, 2.45) is 0 Å². The molecule has 0 spiro atoms. The lowest BCUT2D eigenvalue weighted by molar-refractivity contribution is -0.136. The van der Waals surface area contributed by atoms with E-state index >= 15 is 0 Å². The molecule has 7 nitrogen and oxygen atoms in total. The number of benzene rings is 1. The number of halogens is 5. The van der Waals surface area contributed by atoms with Gasteiger partial charge in [-0.1, -0.05) is 0 Å². The minimum absolute atomic E-state index is 0.0360. The Morgan fingerprint density at radius 2 is 1.82 bits per heavy atom. The summed E-state index contributed by atoms with van der Waals surface area (Å²) in [5, 5.41) is 9.25. The lowest BCUT2D eigenvalue weighted by Gasteiger charge is -2.31. The zero-order valence-electron chi connectivity index (χ0n) is 17.8. The van der Waals surface area contributed by atoms with Gasteiger partial charge in [0.15, 0.2) is 0 Å². The average Bonchev–Trinajstić information content (AvgIpc) is 3.20. The zero-order chi connectivity index (χ0) is 24.8. The van der Waals surface area contributed by atoms with E-state index in [1.54, 1.807) is 0 Å². The molecule has 4 rings (SSSR count). The predicted molar refractivity (Wildman–Crippen MR) is 113 cm³/mol. The second-order valence-electron chi connectivity index (χ2n) is 8.06. The first kappa shape index (κ1) is 23.5. The second kappa shape index (κ2) is 8.26. The largest absolute Gasteiger partial charge is 0.465 e. The first-order chi connectivity index (χ1) is 15.9. The molecule has 0 aliphatic carbocycles. The number of hydrogen-bond acceptors (Lipinski definition) is 3. The number of hydrogen-bond donors (Lipinski definition) is 2. The van der Waals surface area contributed by atoms with Crippen LogP contribution in [0.15, 0.2) is 36.5 Å². The van der Waals surface area contributed by atoms with E-state index in [0.29, 0.717) is 0 Å². The SMILES string of the molecule is CN(C(=O)O)c1cc2cc(-c3ccc(C(=O)N4CCC(F)(F)CC4)cn3)cc(C(F)(F)F)c2[nH]1. The number of aromatic amines is 1. The number of nitrogens with zero attached hydrogens (tertiary/aromatic N) is 3. The van der Waals surface area contributed by atoms with E-state index < -0.39 is 42.5 Å². The molecule has 0 bridgehead atoms. The molecule has 1 saturated heterocycles. The number of carboxylic acid groups (broad SMARTS) is 1. The maximum absolute atomic E-state index is 13.7. The summed E-state index contributed by atoms with van der Waals surface area (Å²) in [6.07, 6.45) is -5.74. The number of fused-ring (bicyclic) bond motifs is 1. The number of amides is 2. The summed E-state index contributed by atoms with van der Waals surface area (Å²) in [6, 6.07) is 6.36. The summed E-state index contributed by atoms with van der Waals surface area (Å²) in [5.41, 5.74) is -0.865. The monoisotopic (exact) mass is 482 g/mol. The van der Waals surface area contributed by atoms with Crippen LogP contribution in [0.25, 0.3) is 22.2 Å². The molecule has 3 aromatic rings. The van der Waals surface area contributed by atoms with Crippen LogP contribution in [0.1, 0.15) is 28.8 Å². The molecule has 2 aromatic heterocycles. The summed E-state index contributed by atoms with van der Waals surface area (Å²) < 4.78 is 67.9. The zero-order valence-corrected chi connectivity index (χ0v) is 17.8. The van der Waals surface area contributed by atoms with Gasteiger partial charge in [-0.05, 0) is 30.3 Å². The highest BCUT2D eigenvalue weighted by Gasteiger charge is 2.36. The topological polar surface area (TPSA) is 89.5 Å². The van der Waals surface area contributed by atoms with Crippen molar-refractivity contribution in [1.29, 1.82) is 0 Å². The molecule has 0 saturated carbocycles. The molecule has 0 atom stereocenters. The van der Waals surface area contributed by atoms with Gasteiger partial charge in [-0.3, -0.25) is 14.7 Å². The number of H-pyrrole nitrogens is 1. The molecule has 1 aromatic carbocycles. The molecule has 3 heterocycles. The molecule has 2 N–H and O–H groups in total. The van der Waals surface area contributed by atoms with Crippen molar-refractivity contribution in [2.45, 2.75) is 24.9 Å². The fraction of sp³-hybridized carbons (Fsp3) is 0.318. The van der Waals surface area contributed by atoms with Crippen LogP contribution in [0.5, 0.6) is 0 Å². The van der Waals surface area contributed by atoms with Gasteiger partial charge in [-0.2, -0.15) is 13.2 Å². The number of carbonyl (C=O) groups excluding carboxylic acids is 1. The summed E-state index contributed by atoms with van der Waals surface area (Å²) in [4.78, 5) is 32.4. The fourth-order valence-corrected chi connectivity index (χ4v) is 3.80. The van der Waals surface area contributed by atoms with E-state index in [9.17, 15) is 31.5 Å². The third kappa shape index (κ3) is 4.52. The number of nitrogens with one attached hydrogen (secondary N) is 1. The number of piperidine rings is 1. The van der Waals surface area contributed by atoms with Crippen LogP contribution in [0.4, 0.5) is 32.6 Å². The van der Waals surface area contributed by atoms with Crippen LogP contribution in [0.3, 0.4) is 0 Å². The third-order valence-corrected chi connectivity index (χ3v) is 5.76. The van der Waals surface area contributed by atoms with Crippen molar-refractivity contribution in [2.75, 3.05) is 25.0 Å². The first-order valence-corrected chi connectivity index (χ1v) is 10.2. The van der Waals surface area contributed by atoms with Gasteiger partial charge in [-0.15, -0.1) is 0 Å². The van der Waals surface area contributed by atoms with Gasteiger partial charge in [-0.25, -0.2) is 13.6 Å². The molecule has 1 fully saturated rings. The van der Waals surface area contributed by atoms with Crippen LogP contribution in [-0.2, 0) is 6.18 Å². The van der Waals surface area contributed by atoms with Crippen LogP contribution in [-0.4, -0.2) is 58.0 Å². The quantitative estimate of drug-likeness (QED) is 0.500. The van der Waals surface area contributed by atoms with Crippen molar-refractivity contribution in [3.8, 4) is 11.3 Å². The van der Waals surface area contributed by atoms with Crippen molar-refractivity contribution in [1.82, 2.24) is 14.9 Å². The Morgan fingerprint density at radius 3 is 2.38 bits per heavy atom. The number of carbonyl (C=O) groups is 2. The van der Waals surface area contributed by atoms with Crippen LogP contribution in [0, 0.1) is 0 Å². The highest BCUT2D eigenvalue weighted by molar-refractivity contribution is 5.96. The Kier molecular flexibility index (Phi) is 5.70. The number of alkyl halides is 5. The van der Waals surface area contributed by atoms with Gasteiger partial charge in [0.2, 0.25) is 0 Å². The van der Waals surface area contributed by atoms with E-state index in [1.165, 1.54) is 42.4 Å². The Balaban J connectivity index is 1.67. The third-order valence-electron chi connectivity index (χ3n) is 5.76. The van der Waals surface area contributed by atoms with Gasteiger partial charge >= 0.3 is 12.3 Å². The first-order valence-electron chi connectivity index (χ1n) is 10.2. The summed E-state index contributed by atoms with van der Waals surface area (Å²) in [5.74, 6) is -3.32. The molecular formula is C22H19F5N4O3. The van der Waals surface area contributed by atoms with Crippen molar-refractivity contribution in [3.63, 3.8) is 0 Å². The van der Waals surface area contributed by atoms with Crippen molar-refractivity contribution < 1.29 is 36.6 Å².